The first-order valence-corrected chi connectivity index (χ1v) is 9.53. The fourth-order valence-electron chi connectivity index (χ4n) is 3.49. The molecule has 0 bridgehead atoms. The topological polar surface area (TPSA) is 81.6 Å². The van der Waals surface area contributed by atoms with E-state index in [1.54, 1.807) is 12.1 Å². The Morgan fingerprint density at radius 3 is 2.64 bits per heavy atom. The number of nitrogens with two attached hydrogens (primary N) is 1. The van der Waals surface area contributed by atoms with Gasteiger partial charge in [-0.05, 0) is 44.2 Å². The maximum Gasteiger partial charge on any atom is 0.190 e. The number of aromatic nitrogens is 1. The Kier molecular flexibility index (Phi) is 4.88. The molecule has 0 spiro atoms. The van der Waals surface area contributed by atoms with Crippen LogP contribution >= 0.6 is 0 Å². The van der Waals surface area contributed by atoms with Gasteiger partial charge >= 0.3 is 0 Å². The van der Waals surface area contributed by atoms with Crippen LogP contribution in [0, 0.1) is 0 Å². The van der Waals surface area contributed by atoms with Gasteiger partial charge < -0.3 is 19.8 Å². The molecule has 1 aliphatic carbocycles. The Morgan fingerprint density at radius 1 is 1.07 bits per heavy atom. The maximum atomic E-state index is 12.6. The second-order valence-corrected chi connectivity index (χ2v) is 6.60. The van der Waals surface area contributed by atoms with Crippen LogP contribution < -0.4 is 20.8 Å². The van der Waals surface area contributed by atoms with E-state index in [9.17, 15) is 4.79 Å². The number of nitrogens with zero attached hydrogens (tertiary/aromatic N) is 2. The van der Waals surface area contributed by atoms with Crippen molar-refractivity contribution in [3.8, 4) is 17.2 Å². The van der Waals surface area contributed by atoms with E-state index in [4.69, 9.17) is 19.9 Å². The van der Waals surface area contributed by atoms with Crippen molar-refractivity contribution in [1.29, 1.82) is 0 Å². The highest BCUT2D eigenvalue weighted by Gasteiger charge is 2.17. The highest BCUT2D eigenvalue weighted by molar-refractivity contribution is 5.97. The molecule has 6 heteroatoms. The molecular weight excluding hydrogens is 354 g/mol. The molecule has 2 aromatic rings. The molecule has 0 saturated heterocycles. The van der Waals surface area contributed by atoms with Crippen LogP contribution in [-0.4, -0.2) is 31.2 Å². The lowest BCUT2D eigenvalue weighted by atomic mass is 10.0. The van der Waals surface area contributed by atoms with Crippen molar-refractivity contribution >= 4 is 27.6 Å². The van der Waals surface area contributed by atoms with Crippen molar-refractivity contribution in [1.82, 2.24) is 4.98 Å². The molecule has 0 fully saturated rings. The quantitative estimate of drug-likeness (QED) is 0.408. The van der Waals surface area contributed by atoms with Gasteiger partial charge in [-0.2, -0.15) is 0 Å². The largest absolute Gasteiger partial charge is 0.492 e. The monoisotopic (exact) mass is 377 g/mol. The van der Waals surface area contributed by atoms with E-state index in [0.717, 1.165) is 29.7 Å². The van der Waals surface area contributed by atoms with E-state index in [1.807, 2.05) is 24.3 Å². The summed E-state index contributed by atoms with van der Waals surface area (Å²) in [6, 6.07) is 12.9. The van der Waals surface area contributed by atoms with E-state index in [0.29, 0.717) is 41.3 Å². The van der Waals surface area contributed by atoms with Crippen molar-refractivity contribution in [2.24, 2.45) is 5.73 Å². The second kappa shape index (κ2) is 7.48. The molecule has 4 rings (SSSR count). The van der Waals surface area contributed by atoms with Gasteiger partial charge in [-0.3, -0.25) is 4.79 Å². The van der Waals surface area contributed by atoms with Crippen molar-refractivity contribution in [2.75, 3.05) is 31.1 Å². The average Bonchev–Trinajstić information content (AvgIpc) is 2.72. The number of anilines is 1. The predicted octanol–water partition coefficient (Wildman–Crippen LogP) is 3.63. The van der Waals surface area contributed by atoms with Crippen molar-refractivity contribution in [3.05, 3.63) is 52.7 Å². The lowest BCUT2D eigenvalue weighted by molar-refractivity contribution is 0.329. The van der Waals surface area contributed by atoms with Gasteiger partial charge in [-0.25, -0.2) is 4.98 Å². The normalized spacial score (nSPS) is 11.4. The zero-order chi connectivity index (χ0) is 19.7. The Bertz CT molecular complexity index is 1160. The number of hydrogen-bond donors (Lipinski definition) is 1. The summed E-state index contributed by atoms with van der Waals surface area (Å²) in [5.74, 6) is 1.13. The fraction of sp³-hybridized carbons (Fsp3) is 0.273. The zero-order valence-electron chi connectivity index (χ0n) is 16.1. The van der Waals surface area contributed by atoms with Gasteiger partial charge in [0, 0.05) is 48.2 Å². The minimum Gasteiger partial charge on any atom is -0.492 e. The minimum atomic E-state index is -0.0994. The van der Waals surface area contributed by atoms with Crippen LogP contribution in [0.5, 0.6) is 5.75 Å². The summed E-state index contributed by atoms with van der Waals surface area (Å²) < 4.78 is 11.7. The number of ether oxygens (including phenoxy) is 1. The van der Waals surface area contributed by atoms with Crippen LogP contribution in [0.2, 0.25) is 0 Å². The Labute approximate surface area is 162 Å². The summed E-state index contributed by atoms with van der Waals surface area (Å²) >= 11 is 0. The summed E-state index contributed by atoms with van der Waals surface area (Å²) in [5, 5.41) is 1.31. The minimum absolute atomic E-state index is 0.0994. The molecular formula is C22H23N3O3. The van der Waals surface area contributed by atoms with Crippen LogP contribution in [0.1, 0.15) is 13.8 Å². The van der Waals surface area contributed by atoms with Gasteiger partial charge in [-0.1, -0.05) is 0 Å². The Morgan fingerprint density at radius 2 is 1.89 bits per heavy atom. The van der Waals surface area contributed by atoms with E-state index in [1.165, 1.54) is 6.07 Å². The third kappa shape index (κ3) is 3.16. The van der Waals surface area contributed by atoms with E-state index >= 15 is 0 Å². The van der Waals surface area contributed by atoms with Crippen LogP contribution in [-0.2, 0) is 0 Å². The molecule has 6 nitrogen and oxygen atoms in total. The molecule has 0 amide bonds. The summed E-state index contributed by atoms with van der Waals surface area (Å²) in [4.78, 5) is 19.6. The summed E-state index contributed by atoms with van der Waals surface area (Å²) in [7, 11) is 0. The number of hydrogen-bond acceptors (Lipinski definition) is 6. The van der Waals surface area contributed by atoms with Crippen LogP contribution in [0.3, 0.4) is 0 Å². The highest BCUT2D eigenvalue weighted by atomic mass is 16.5. The summed E-state index contributed by atoms with van der Waals surface area (Å²) in [5.41, 5.74) is 8.54. The molecule has 1 heterocycles. The molecule has 0 saturated carbocycles. The van der Waals surface area contributed by atoms with Crippen LogP contribution in [0.15, 0.2) is 51.7 Å². The van der Waals surface area contributed by atoms with E-state index in [-0.39, 0.29) is 5.43 Å². The lowest BCUT2D eigenvalue weighted by Crippen LogP contribution is -2.21. The molecule has 1 aliphatic heterocycles. The first-order chi connectivity index (χ1) is 13.6. The second-order valence-electron chi connectivity index (χ2n) is 6.60. The molecule has 28 heavy (non-hydrogen) atoms. The highest BCUT2D eigenvalue weighted by Crippen LogP contribution is 2.33. The molecule has 0 unspecified atom stereocenters. The van der Waals surface area contributed by atoms with Crippen LogP contribution in [0.25, 0.3) is 33.3 Å². The molecule has 0 atom stereocenters. The van der Waals surface area contributed by atoms with Gasteiger partial charge in [0.1, 0.15) is 23.6 Å². The van der Waals surface area contributed by atoms with Gasteiger partial charge in [0.2, 0.25) is 0 Å². The number of fused-ring (bicyclic) bond motifs is 4. The summed E-state index contributed by atoms with van der Waals surface area (Å²) in [6.45, 7) is 6.88. The predicted molar refractivity (Wildman–Crippen MR) is 113 cm³/mol. The SMILES string of the molecule is CCN(CC)c1ccc2nc3c4cc(OCCN)ccc4c(=O)cc-3oc2c1. The van der Waals surface area contributed by atoms with Gasteiger partial charge in [0.25, 0.3) is 0 Å². The van der Waals surface area contributed by atoms with Gasteiger partial charge in [0.05, 0.1) is 0 Å². The first kappa shape index (κ1) is 18.3. The number of benzene rings is 3. The van der Waals surface area contributed by atoms with E-state index in [2.05, 4.69) is 18.7 Å². The zero-order valence-corrected chi connectivity index (χ0v) is 16.1. The first-order valence-electron chi connectivity index (χ1n) is 9.53. The fourth-order valence-corrected chi connectivity index (χ4v) is 3.49. The third-order valence-electron chi connectivity index (χ3n) is 4.92. The third-order valence-corrected chi connectivity index (χ3v) is 4.92. The van der Waals surface area contributed by atoms with Crippen molar-refractivity contribution < 1.29 is 9.15 Å². The smallest absolute Gasteiger partial charge is 0.190 e. The van der Waals surface area contributed by atoms with Crippen molar-refractivity contribution in [3.63, 3.8) is 0 Å². The van der Waals surface area contributed by atoms with Crippen LogP contribution in [0.4, 0.5) is 5.69 Å². The average molecular weight is 377 g/mol. The standard InChI is InChI=1S/C22H23N3O3/c1-3-25(4-2)14-5-8-18-20(11-14)28-21-13-19(26)16-7-6-15(27-10-9-23)12-17(16)22(21)24-18/h5-8,11-13H,3-4,9-10,23H2,1-2H3. The molecule has 2 N–H and O–H groups in total. The Hall–Kier alpha value is -3.12. The summed E-state index contributed by atoms with van der Waals surface area (Å²) in [6.07, 6.45) is 0. The molecule has 0 radical (unpaired) electrons. The Balaban J connectivity index is 1.93. The lowest BCUT2D eigenvalue weighted by Gasteiger charge is -2.21. The number of rotatable bonds is 6. The molecule has 2 aromatic carbocycles. The molecule has 144 valence electrons. The molecule has 2 aliphatic rings. The van der Waals surface area contributed by atoms with Gasteiger partial charge in [0.15, 0.2) is 16.8 Å². The van der Waals surface area contributed by atoms with Gasteiger partial charge in [-0.15, -0.1) is 0 Å². The van der Waals surface area contributed by atoms with E-state index < -0.39 is 0 Å². The van der Waals surface area contributed by atoms with Crippen molar-refractivity contribution in [2.45, 2.75) is 13.8 Å². The molecule has 0 aromatic heterocycles. The maximum absolute atomic E-state index is 12.6.